The van der Waals surface area contributed by atoms with Crippen LogP contribution >= 0.6 is 67.8 Å². The van der Waals surface area contributed by atoms with Gasteiger partial charge in [-0.25, -0.2) is 19.6 Å². The summed E-state index contributed by atoms with van der Waals surface area (Å²) >= 11 is 24.3. The summed E-state index contributed by atoms with van der Waals surface area (Å²) in [6.45, 7) is 0. The number of fused-ring (bicyclic) bond motifs is 2. The summed E-state index contributed by atoms with van der Waals surface area (Å²) in [5.74, 6) is 1.81. The number of methoxy groups -OCH3 is 4. The van der Waals surface area contributed by atoms with Crippen LogP contribution in [0.5, 0.6) is 23.0 Å². The predicted octanol–water partition coefficient (Wildman–Crippen LogP) is 9.07. The highest BCUT2D eigenvalue weighted by molar-refractivity contribution is 8.31. The van der Waals surface area contributed by atoms with Gasteiger partial charge in [-0.1, -0.05) is 46.4 Å². The van der Waals surface area contributed by atoms with Crippen molar-refractivity contribution >= 4 is 98.0 Å². The lowest BCUT2D eigenvalue weighted by Crippen LogP contribution is -2.05. The molecule has 6 rings (SSSR count). The molecule has 0 N–H and O–H groups in total. The van der Waals surface area contributed by atoms with Crippen molar-refractivity contribution in [2.45, 2.75) is 0 Å². The minimum atomic E-state index is -3.72. The summed E-state index contributed by atoms with van der Waals surface area (Å²) in [4.78, 5) is 32.6. The van der Waals surface area contributed by atoms with Crippen LogP contribution in [0.3, 0.4) is 0 Å². The molecule has 0 aliphatic heterocycles. The number of rotatable bonds is 6. The molecule has 12 nitrogen and oxygen atoms in total. The second-order valence-corrected chi connectivity index (χ2v) is 14.9. The first-order chi connectivity index (χ1) is 24.1. The number of ether oxygens (including phenoxy) is 4. The third kappa shape index (κ3) is 10.1. The van der Waals surface area contributed by atoms with Crippen LogP contribution in [0, 0.1) is 0 Å². The maximum absolute atomic E-state index is 12.4. The first kappa shape index (κ1) is 39.8. The summed E-state index contributed by atoms with van der Waals surface area (Å²) < 4.78 is 49.8. The van der Waals surface area contributed by atoms with E-state index in [9.17, 15) is 9.59 Å². The van der Waals surface area contributed by atoms with Crippen molar-refractivity contribution in [2.24, 2.45) is 0 Å². The number of hydrogen-bond donors (Lipinski definition) is 0. The van der Waals surface area contributed by atoms with Crippen LogP contribution in [-0.2, 0) is 8.26 Å². The highest BCUT2D eigenvalue weighted by atomic mass is 36.0. The fourth-order valence-corrected chi connectivity index (χ4v) is 5.44. The lowest BCUT2D eigenvalue weighted by molar-refractivity contribution is 0.394. The molecule has 6 aromatic rings. The maximum atomic E-state index is 12.4. The van der Waals surface area contributed by atoms with Gasteiger partial charge >= 0.3 is 19.5 Å². The van der Waals surface area contributed by atoms with Gasteiger partial charge < -0.3 is 27.8 Å². The number of pyridine rings is 2. The molecule has 4 heterocycles. The zero-order chi connectivity index (χ0) is 37.6. The topological polar surface area (TPSA) is 157 Å². The molecule has 4 aromatic heterocycles. The normalized spacial score (nSPS) is 10.9. The van der Waals surface area contributed by atoms with E-state index >= 15 is 0 Å². The summed E-state index contributed by atoms with van der Waals surface area (Å²) in [6, 6.07) is 13.0. The minimum Gasteiger partial charge on any atom is -0.497 e. The average Bonchev–Trinajstić information content (AvgIpc) is 3.07. The molecule has 0 amide bonds. The van der Waals surface area contributed by atoms with E-state index < -0.39 is 19.5 Å². The van der Waals surface area contributed by atoms with Crippen molar-refractivity contribution in [2.75, 3.05) is 28.4 Å². The van der Waals surface area contributed by atoms with Crippen LogP contribution in [0.25, 0.3) is 44.2 Å². The molecule has 268 valence electrons. The standard InChI is InChI=1S/C16H10Cl3NO4.C16H12ClNO4.Cl2O2S/c1-22-10-4-11(23-2)15(19)13(14(10)18)8-3-7-6-20-12(17)5-9(7)24-16(8)21;1-20-11-3-9(4-12(6-11)21-2)13-5-10-8-18-15(17)7-14(10)22-16(13)19;1-5(2,3)4/h3-6H,1-2H3;3-8H,1-2H3;. The molecule has 2 aromatic carbocycles. The highest BCUT2D eigenvalue weighted by Gasteiger charge is 2.22. The molecule has 0 aliphatic rings. The average molecular weight is 839 g/mol. The van der Waals surface area contributed by atoms with Gasteiger partial charge in [-0.05, 0) is 29.8 Å². The molecule has 0 bridgehead atoms. The largest absolute Gasteiger partial charge is 0.497 e. The fourth-order valence-electron chi connectivity index (χ4n) is 4.44. The Morgan fingerprint density at radius 3 is 1.41 bits per heavy atom. The zero-order valence-electron chi connectivity index (χ0n) is 26.4. The van der Waals surface area contributed by atoms with E-state index in [1.54, 1.807) is 50.7 Å². The third-order valence-corrected chi connectivity index (χ3v) is 7.84. The maximum Gasteiger partial charge on any atom is 0.344 e. The van der Waals surface area contributed by atoms with Gasteiger partial charge in [-0.3, -0.25) is 0 Å². The van der Waals surface area contributed by atoms with Gasteiger partial charge in [-0.15, -0.1) is 0 Å². The molecule has 51 heavy (non-hydrogen) atoms. The molecule has 0 fully saturated rings. The second-order valence-electron chi connectivity index (χ2n) is 9.75. The van der Waals surface area contributed by atoms with Crippen molar-refractivity contribution in [3.8, 4) is 45.3 Å². The predicted molar refractivity (Wildman–Crippen MR) is 198 cm³/mol. The molecule has 0 spiro atoms. The monoisotopic (exact) mass is 836 g/mol. The molecule has 19 heteroatoms. The number of aromatic nitrogens is 2. The number of halogens is 6. The van der Waals surface area contributed by atoms with Gasteiger partial charge in [0.2, 0.25) is 0 Å². The zero-order valence-corrected chi connectivity index (χ0v) is 31.8. The Morgan fingerprint density at radius 2 is 1.00 bits per heavy atom. The lowest BCUT2D eigenvalue weighted by atomic mass is 10.1. The van der Waals surface area contributed by atoms with Gasteiger partial charge in [-0.2, -0.15) is 8.42 Å². The molecular weight excluding hydrogens is 817 g/mol. The minimum absolute atomic E-state index is 0.166. The van der Waals surface area contributed by atoms with E-state index in [1.807, 2.05) is 0 Å². The number of benzene rings is 2. The summed E-state index contributed by atoms with van der Waals surface area (Å²) in [6.07, 6.45) is 3.05. The first-order valence-corrected chi connectivity index (χ1v) is 18.4. The molecular formula is C32H22Cl6N2O10S. The molecule has 0 saturated carbocycles. The summed E-state index contributed by atoms with van der Waals surface area (Å²) in [5.41, 5.74) is 1.08. The van der Waals surface area contributed by atoms with Gasteiger partial charge in [0.25, 0.3) is 0 Å². The molecule has 0 unspecified atom stereocenters. The van der Waals surface area contributed by atoms with Gasteiger partial charge in [0, 0.05) is 74.4 Å². The van der Waals surface area contributed by atoms with Crippen LogP contribution in [0.15, 0.2) is 79.3 Å². The Labute approximate surface area is 318 Å². The smallest absolute Gasteiger partial charge is 0.344 e. The molecule has 0 saturated heterocycles. The Balaban J connectivity index is 0.000000203. The van der Waals surface area contributed by atoms with Gasteiger partial charge in [0.15, 0.2) is 0 Å². The van der Waals surface area contributed by atoms with E-state index in [1.165, 1.54) is 38.6 Å². The van der Waals surface area contributed by atoms with Crippen molar-refractivity contribution in [1.82, 2.24) is 9.97 Å². The van der Waals surface area contributed by atoms with Crippen LogP contribution in [0.2, 0.25) is 20.4 Å². The Morgan fingerprint density at radius 1 is 0.588 bits per heavy atom. The lowest BCUT2D eigenvalue weighted by Gasteiger charge is -2.14. The first-order valence-electron chi connectivity index (χ1n) is 13.7. The van der Waals surface area contributed by atoms with Crippen molar-refractivity contribution in [1.29, 1.82) is 0 Å². The SMILES string of the molecule is COc1cc(OC)c(Cl)c(-c2cc3cnc(Cl)cc3oc2=O)c1Cl.COc1cc(OC)cc(-c2cc3cnc(Cl)cc3oc2=O)c1.O=S(=O)(Cl)Cl. The fraction of sp³-hybridized carbons (Fsp3) is 0.125. The second kappa shape index (κ2) is 17.0. The molecule has 0 atom stereocenters. The Bertz CT molecular complexity index is 2420. The molecule has 0 aliphatic carbocycles. The van der Waals surface area contributed by atoms with E-state index in [2.05, 4.69) is 31.3 Å². The van der Waals surface area contributed by atoms with E-state index in [4.69, 9.17) is 82.6 Å². The van der Waals surface area contributed by atoms with Crippen molar-refractivity contribution in [3.63, 3.8) is 0 Å². The van der Waals surface area contributed by atoms with E-state index in [0.717, 1.165) is 0 Å². The van der Waals surface area contributed by atoms with Crippen molar-refractivity contribution in [3.05, 3.63) is 102 Å². The Hall–Kier alpha value is -3.95. The van der Waals surface area contributed by atoms with Crippen LogP contribution in [-0.4, -0.2) is 46.8 Å². The van der Waals surface area contributed by atoms with E-state index in [0.29, 0.717) is 56.1 Å². The number of nitrogens with zero attached hydrogens (tertiary/aromatic N) is 2. The quantitative estimate of drug-likeness (QED) is 0.116. The van der Waals surface area contributed by atoms with Crippen LogP contribution in [0.1, 0.15) is 0 Å². The highest BCUT2D eigenvalue weighted by Crippen LogP contribution is 2.45. The Kier molecular flexibility index (Phi) is 13.3. The third-order valence-electron chi connectivity index (χ3n) is 6.67. The van der Waals surface area contributed by atoms with Crippen LogP contribution < -0.4 is 30.2 Å². The van der Waals surface area contributed by atoms with Crippen molar-refractivity contribution < 1.29 is 36.2 Å². The number of hydrogen-bond acceptors (Lipinski definition) is 12. The van der Waals surface area contributed by atoms with Crippen LogP contribution in [0.4, 0.5) is 0 Å². The summed E-state index contributed by atoms with van der Waals surface area (Å²) in [7, 11) is 10.8. The van der Waals surface area contributed by atoms with E-state index in [-0.39, 0.29) is 31.5 Å². The van der Waals surface area contributed by atoms with Gasteiger partial charge in [0.1, 0.15) is 44.5 Å². The summed E-state index contributed by atoms with van der Waals surface area (Å²) in [5, 5.41) is 2.10. The van der Waals surface area contributed by atoms with Gasteiger partial charge in [0.05, 0.1) is 49.6 Å². The molecule has 0 radical (unpaired) electrons.